The highest BCUT2D eigenvalue weighted by Gasteiger charge is 2.52. The van der Waals surface area contributed by atoms with E-state index >= 15 is 0 Å². The van der Waals surface area contributed by atoms with Gasteiger partial charge in [0, 0.05) is 22.5 Å². The fourth-order valence-electron chi connectivity index (χ4n) is 4.41. The lowest BCUT2D eigenvalue weighted by molar-refractivity contribution is -0.138. The van der Waals surface area contributed by atoms with Gasteiger partial charge in [0.1, 0.15) is 18.5 Å². The van der Waals surface area contributed by atoms with Crippen molar-refractivity contribution in [3.63, 3.8) is 0 Å². The van der Waals surface area contributed by atoms with Gasteiger partial charge in [-0.2, -0.15) is 5.10 Å². The molecule has 0 amide bonds. The number of nitrogens with zero attached hydrogens (tertiary/aromatic N) is 5. The molecule has 3 aromatic rings. The maximum atomic E-state index is 10.8. The van der Waals surface area contributed by atoms with Crippen LogP contribution in [0.1, 0.15) is 25.7 Å². The number of halogens is 3. The molecule has 2 fully saturated rings. The van der Waals surface area contributed by atoms with Gasteiger partial charge in [0.15, 0.2) is 0 Å². The minimum atomic E-state index is -0.863. The number of pyridine rings is 1. The normalized spacial score (nSPS) is 19.2. The van der Waals surface area contributed by atoms with Crippen LogP contribution in [0.3, 0.4) is 0 Å². The molecule has 2 aromatic heterocycles. The first-order chi connectivity index (χ1) is 15.4. The summed E-state index contributed by atoms with van der Waals surface area (Å²) in [6, 6.07) is 3.97. The van der Waals surface area contributed by atoms with Gasteiger partial charge in [-0.3, -0.25) is 4.79 Å². The first kappa shape index (κ1) is 21.9. The van der Waals surface area contributed by atoms with Crippen LogP contribution < -0.4 is 4.90 Å². The van der Waals surface area contributed by atoms with Crippen molar-refractivity contribution in [2.75, 3.05) is 24.7 Å². The summed E-state index contributed by atoms with van der Waals surface area (Å²) >= 11 is 16.5. The van der Waals surface area contributed by atoms with E-state index in [-0.39, 0.29) is 24.5 Å². The van der Waals surface area contributed by atoms with Crippen molar-refractivity contribution in [2.45, 2.75) is 31.7 Å². The highest BCUT2D eigenvalue weighted by atomic mass is 79.9. The third-order valence-corrected chi connectivity index (χ3v) is 7.92. The van der Waals surface area contributed by atoms with Crippen molar-refractivity contribution in [3.05, 3.63) is 39.3 Å². The Morgan fingerprint density at radius 2 is 2.12 bits per heavy atom. The van der Waals surface area contributed by atoms with Crippen molar-refractivity contribution in [2.24, 2.45) is 5.41 Å². The predicted molar refractivity (Wildman–Crippen MR) is 125 cm³/mol. The molecule has 0 radical (unpaired) electrons. The molecule has 3 heterocycles. The summed E-state index contributed by atoms with van der Waals surface area (Å²) in [5.74, 6) is -0.0998. The number of hydrogen-bond donors (Lipinski definition) is 1. The van der Waals surface area contributed by atoms with Crippen molar-refractivity contribution in [3.8, 4) is 5.69 Å². The molecule has 0 unspecified atom stereocenters. The molecule has 1 spiro atoms. The predicted octanol–water partition coefficient (Wildman–Crippen LogP) is 4.74. The molecule has 1 aliphatic heterocycles. The van der Waals surface area contributed by atoms with E-state index in [4.69, 9.17) is 38.0 Å². The van der Waals surface area contributed by atoms with E-state index in [1.54, 1.807) is 11.0 Å². The van der Waals surface area contributed by atoms with E-state index < -0.39 is 5.97 Å². The van der Waals surface area contributed by atoms with Gasteiger partial charge in [-0.25, -0.2) is 14.6 Å². The molecule has 1 aromatic carbocycles. The van der Waals surface area contributed by atoms with E-state index in [0.29, 0.717) is 26.6 Å². The molecule has 1 saturated carbocycles. The average Bonchev–Trinajstić information content (AvgIpc) is 3.15. The molecule has 1 N–H and O–H groups in total. The lowest BCUT2D eigenvalue weighted by atomic mass is 10.0. The Balaban J connectivity index is 1.56. The number of rotatable bonds is 7. The second-order valence-corrected chi connectivity index (χ2v) is 10.0. The van der Waals surface area contributed by atoms with Crippen LogP contribution in [0.25, 0.3) is 16.6 Å². The summed E-state index contributed by atoms with van der Waals surface area (Å²) in [5, 5.41) is 14.8. The van der Waals surface area contributed by atoms with Crippen LogP contribution in [0.2, 0.25) is 10.0 Å². The third kappa shape index (κ3) is 4.07. The van der Waals surface area contributed by atoms with E-state index in [9.17, 15) is 4.79 Å². The van der Waals surface area contributed by atoms with Crippen molar-refractivity contribution >= 4 is 61.8 Å². The van der Waals surface area contributed by atoms with E-state index in [1.165, 1.54) is 19.2 Å². The van der Waals surface area contributed by atoms with Crippen molar-refractivity contribution in [1.82, 2.24) is 19.7 Å². The van der Waals surface area contributed by atoms with E-state index in [0.717, 1.165) is 29.9 Å². The molecular weight excluding hydrogens is 521 g/mol. The van der Waals surface area contributed by atoms with Crippen molar-refractivity contribution < 1.29 is 14.6 Å². The number of hydrogen-bond acceptors (Lipinski definition) is 6. The van der Waals surface area contributed by atoms with Gasteiger partial charge in [-0.1, -0.05) is 23.2 Å². The van der Waals surface area contributed by atoms with E-state index in [2.05, 4.69) is 30.9 Å². The Kier molecular flexibility index (Phi) is 5.77. The quantitative estimate of drug-likeness (QED) is 0.342. The van der Waals surface area contributed by atoms with Gasteiger partial charge in [-0.15, -0.1) is 0 Å². The molecule has 1 saturated heterocycles. The standard InChI is InChI=1S/C21H20BrCl2N5O3/c22-14-5-13-15(29-11-25-10-26-29)6-16(27-20(13)19(24)18(14)23)28-9-21(2-3-21)7-12(28)8-32-4-1-17(30)31/h5-6,10-12H,1-4,7-9H2,(H,30,31)/t12-/m0/s1. The molecule has 5 rings (SSSR count). The summed E-state index contributed by atoms with van der Waals surface area (Å²) < 4.78 is 8.08. The fourth-order valence-corrected chi connectivity index (χ4v) is 5.34. The highest BCUT2D eigenvalue weighted by molar-refractivity contribution is 9.10. The Labute approximate surface area is 202 Å². The Bertz CT molecular complexity index is 1190. The number of anilines is 1. The SMILES string of the molecule is O=C(O)CCOC[C@@H]1CC2(CC2)CN1c1cc(-n2cncn2)c2cc(Br)c(Cl)c(Cl)c2n1. The number of benzene rings is 1. The lowest BCUT2D eigenvalue weighted by Crippen LogP contribution is -2.34. The highest BCUT2D eigenvalue weighted by Crippen LogP contribution is 2.55. The second kappa shape index (κ2) is 8.44. The number of fused-ring (bicyclic) bond motifs is 1. The summed E-state index contributed by atoms with van der Waals surface area (Å²) in [6.45, 7) is 1.51. The van der Waals surface area contributed by atoms with Crippen LogP contribution in [0, 0.1) is 5.41 Å². The van der Waals surface area contributed by atoms with Gasteiger partial charge in [-0.05, 0) is 46.7 Å². The zero-order chi connectivity index (χ0) is 22.5. The summed E-state index contributed by atoms with van der Waals surface area (Å²) in [7, 11) is 0. The van der Waals surface area contributed by atoms with Gasteiger partial charge in [0.2, 0.25) is 0 Å². The Morgan fingerprint density at radius 3 is 2.81 bits per heavy atom. The van der Waals surface area contributed by atoms with Crippen molar-refractivity contribution in [1.29, 1.82) is 0 Å². The molecule has 8 nitrogen and oxygen atoms in total. The number of aromatic nitrogens is 4. The number of aliphatic carboxylic acids is 1. The molecule has 11 heteroatoms. The molecule has 168 valence electrons. The first-order valence-corrected chi connectivity index (χ1v) is 11.8. The summed E-state index contributed by atoms with van der Waals surface area (Å²) in [4.78, 5) is 22.1. The average molecular weight is 541 g/mol. The van der Waals surface area contributed by atoms with Crippen LogP contribution >= 0.6 is 39.1 Å². The van der Waals surface area contributed by atoms with E-state index in [1.807, 2.05) is 12.1 Å². The maximum Gasteiger partial charge on any atom is 0.305 e. The smallest absolute Gasteiger partial charge is 0.305 e. The Morgan fingerprint density at radius 1 is 1.31 bits per heavy atom. The minimum Gasteiger partial charge on any atom is -0.481 e. The van der Waals surface area contributed by atoms with Gasteiger partial charge in [0.25, 0.3) is 0 Å². The fraction of sp³-hybridized carbons (Fsp3) is 0.429. The van der Waals surface area contributed by atoms with Gasteiger partial charge < -0.3 is 14.7 Å². The van der Waals surface area contributed by atoms with Crippen LogP contribution in [0.15, 0.2) is 29.3 Å². The van der Waals surface area contributed by atoms with Crippen LogP contribution in [-0.4, -0.2) is 56.6 Å². The molecule has 1 aliphatic carbocycles. The zero-order valence-corrected chi connectivity index (χ0v) is 20.1. The maximum absolute atomic E-state index is 10.8. The molecule has 1 atom stereocenters. The minimum absolute atomic E-state index is 0.00841. The first-order valence-electron chi connectivity index (χ1n) is 10.3. The number of ether oxygens (including phenoxy) is 1. The molecular formula is C21H20BrCl2N5O3. The largest absolute Gasteiger partial charge is 0.481 e. The second-order valence-electron chi connectivity index (χ2n) is 8.43. The summed E-state index contributed by atoms with van der Waals surface area (Å²) in [6.07, 6.45) is 6.45. The zero-order valence-electron chi connectivity index (χ0n) is 17.0. The topological polar surface area (TPSA) is 93.4 Å². The van der Waals surface area contributed by atoms with Gasteiger partial charge in [0.05, 0.1) is 46.9 Å². The Hall–Kier alpha value is -1.94. The third-order valence-electron chi connectivity index (χ3n) is 6.21. The lowest BCUT2D eigenvalue weighted by Gasteiger charge is -2.27. The van der Waals surface area contributed by atoms with Crippen LogP contribution in [0.5, 0.6) is 0 Å². The number of carboxylic acid groups (broad SMARTS) is 1. The molecule has 0 bridgehead atoms. The number of carbonyl (C=O) groups is 1. The van der Waals surface area contributed by atoms with Crippen LogP contribution in [-0.2, 0) is 9.53 Å². The summed E-state index contributed by atoms with van der Waals surface area (Å²) in [5.41, 5.74) is 1.67. The van der Waals surface area contributed by atoms with Crippen LogP contribution in [0.4, 0.5) is 5.82 Å². The molecule has 32 heavy (non-hydrogen) atoms. The monoisotopic (exact) mass is 539 g/mol. The number of carboxylic acids is 1. The van der Waals surface area contributed by atoms with Gasteiger partial charge >= 0.3 is 5.97 Å². The molecule has 2 aliphatic rings.